The molecular formula is C13H18O2. The third-order valence-corrected chi connectivity index (χ3v) is 2.44. The van der Waals surface area contributed by atoms with Crippen molar-refractivity contribution in [2.24, 2.45) is 5.92 Å². The molecule has 0 unspecified atom stereocenters. The van der Waals surface area contributed by atoms with E-state index in [1.165, 1.54) is 5.56 Å². The molecule has 0 saturated heterocycles. The molecule has 82 valence electrons. The summed E-state index contributed by atoms with van der Waals surface area (Å²) in [6.07, 6.45) is 1.60. The lowest BCUT2D eigenvalue weighted by Gasteiger charge is -2.13. The molecular weight excluding hydrogens is 188 g/mol. The number of esters is 1. The number of carbonyl (C=O) groups excluding carboxylic acids is 1. The first-order valence-corrected chi connectivity index (χ1v) is 5.48. The lowest BCUT2D eigenvalue weighted by molar-refractivity contribution is -0.148. The van der Waals surface area contributed by atoms with Gasteiger partial charge < -0.3 is 4.74 Å². The molecule has 0 aliphatic heterocycles. The second-order valence-corrected chi connectivity index (χ2v) is 3.55. The van der Waals surface area contributed by atoms with Crippen molar-refractivity contribution < 1.29 is 9.53 Å². The van der Waals surface area contributed by atoms with Gasteiger partial charge in [0.15, 0.2) is 0 Å². The summed E-state index contributed by atoms with van der Waals surface area (Å²) in [5.74, 6) is -0.0868. The topological polar surface area (TPSA) is 26.3 Å². The largest absolute Gasteiger partial charge is 0.466 e. The van der Waals surface area contributed by atoms with Gasteiger partial charge in [0.2, 0.25) is 0 Å². The highest BCUT2D eigenvalue weighted by Gasteiger charge is 2.17. The summed E-state index contributed by atoms with van der Waals surface area (Å²) in [7, 11) is 0. The van der Waals surface area contributed by atoms with Crippen molar-refractivity contribution >= 4 is 5.97 Å². The number of benzene rings is 1. The van der Waals surface area contributed by atoms with Gasteiger partial charge in [0.05, 0.1) is 12.5 Å². The highest BCUT2D eigenvalue weighted by Crippen LogP contribution is 2.13. The number of hydrogen-bond acceptors (Lipinski definition) is 2. The summed E-state index contributed by atoms with van der Waals surface area (Å²) in [5, 5.41) is 0. The van der Waals surface area contributed by atoms with Crippen LogP contribution in [-0.2, 0) is 16.0 Å². The first-order valence-electron chi connectivity index (χ1n) is 5.48. The molecule has 0 fully saturated rings. The van der Waals surface area contributed by atoms with Crippen LogP contribution in [0.15, 0.2) is 30.3 Å². The van der Waals surface area contributed by atoms with Crippen LogP contribution in [0.1, 0.15) is 25.8 Å². The smallest absolute Gasteiger partial charge is 0.309 e. The van der Waals surface area contributed by atoms with Crippen molar-refractivity contribution in [3.63, 3.8) is 0 Å². The van der Waals surface area contributed by atoms with Crippen molar-refractivity contribution in [2.75, 3.05) is 6.61 Å². The molecule has 0 aliphatic carbocycles. The van der Waals surface area contributed by atoms with Gasteiger partial charge in [-0.25, -0.2) is 0 Å². The van der Waals surface area contributed by atoms with Crippen molar-refractivity contribution in [2.45, 2.75) is 26.7 Å². The fourth-order valence-corrected chi connectivity index (χ4v) is 1.55. The summed E-state index contributed by atoms with van der Waals surface area (Å²) in [6.45, 7) is 4.32. The van der Waals surface area contributed by atoms with Crippen LogP contribution in [0.25, 0.3) is 0 Å². The van der Waals surface area contributed by atoms with Gasteiger partial charge in [-0.1, -0.05) is 37.3 Å². The number of hydrogen-bond donors (Lipinski definition) is 0. The third-order valence-electron chi connectivity index (χ3n) is 2.44. The van der Waals surface area contributed by atoms with Gasteiger partial charge in [0.1, 0.15) is 0 Å². The highest BCUT2D eigenvalue weighted by molar-refractivity contribution is 5.72. The summed E-state index contributed by atoms with van der Waals surface area (Å²) in [5.41, 5.74) is 1.19. The van der Waals surface area contributed by atoms with Crippen molar-refractivity contribution in [1.29, 1.82) is 0 Å². The van der Waals surface area contributed by atoms with Gasteiger partial charge in [-0.3, -0.25) is 4.79 Å². The van der Waals surface area contributed by atoms with Gasteiger partial charge >= 0.3 is 5.97 Å². The third kappa shape index (κ3) is 3.74. The second-order valence-electron chi connectivity index (χ2n) is 3.55. The Morgan fingerprint density at radius 3 is 2.47 bits per heavy atom. The molecule has 1 aromatic rings. The van der Waals surface area contributed by atoms with Crippen molar-refractivity contribution in [3.05, 3.63) is 35.9 Å². The minimum Gasteiger partial charge on any atom is -0.466 e. The van der Waals surface area contributed by atoms with Crippen LogP contribution < -0.4 is 0 Å². The summed E-state index contributed by atoms with van der Waals surface area (Å²) < 4.78 is 5.03. The van der Waals surface area contributed by atoms with Gasteiger partial charge in [0.25, 0.3) is 0 Å². The molecule has 2 heteroatoms. The number of carbonyl (C=O) groups is 1. The van der Waals surface area contributed by atoms with E-state index in [4.69, 9.17) is 4.74 Å². The first kappa shape index (κ1) is 11.8. The Hall–Kier alpha value is -1.31. The number of ether oxygens (including phenoxy) is 1. The minimum atomic E-state index is -0.0798. The van der Waals surface area contributed by atoms with Gasteiger partial charge in [-0.15, -0.1) is 0 Å². The van der Waals surface area contributed by atoms with E-state index in [9.17, 15) is 4.79 Å². The van der Waals surface area contributed by atoms with Gasteiger partial charge in [0, 0.05) is 0 Å². The van der Waals surface area contributed by atoms with Crippen LogP contribution in [0.3, 0.4) is 0 Å². The first-order chi connectivity index (χ1) is 7.27. The van der Waals surface area contributed by atoms with Gasteiger partial charge in [-0.2, -0.15) is 0 Å². The Kier molecular flexibility index (Phi) is 4.88. The van der Waals surface area contributed by atoms with E-state index in [1.54, 1.807) is 0 Å². The molecule has 0 spiro atoms. The van der Waals surface area contributed by atoms with Crippen molar-refractivity contribution in [1.82, 2.24) is 0 Å². The molecule has 0 radical (unpaired) electrons. The molecule has 0 amide bonds. The maximum absolute atomic E-state index is 11.6. The van der Waals surface area contributed by atoms with E-state index in [0.29, 0.717) is 6.61 Å². The van der Waals surface area contributed by atoms with E-state index < -0.39 is 0 Å². The molecule has 0 aliphatic rings. The molecule has 15 heavy (non-hydrogen) atoms. The molecule has 0 saturated carbocycles. The Morgan fingerprint density at radius 2 is 1.93 bits per heavy atom. The summed E-state index contributed by atoms with van der Waals surface area (Å²) in [4.78, 5) is 11.6. The fourth-order valence-electron chi connectivity index (χ4n) is 1.55. The van der Waals surface area contributed by atoms with Crippen LogP contribution in [-0.4, -0.2) is 12.6 Å². The predicted octanol–water partition coefficient (Wildman–Crippen LogP) is 2.82. The molecule has 1 aromatic carbocycles. The van der Waals surface area contributed by atoms with Crippen LogP contribution >= 0.6 is 0 Å². The standard InChI is InChI=1S/C13H18O2/c1-3-12(13(14)15-4-2)10-11-8-6-5-7-9-11/h5-9,12H,3-4,10H2,1-2H3/t12-/m0/s1. The van der Waals surface area contributed by atoms with E-state index >= 15 is 0 Å². The summed E-state index contributed by atoms with van der Waals surface area (Å²) in [6, 6.07) is 10.1. The van der Waals surface area contributed by atoms with Crippen LogP contribution in [0, 0.1) is 5.92 Å². The predicted molar refractivity (Wildman–Crippen MR) is 60.6 cm³/mol. The van der Waals surface area contributed by atoms with E-state index in [1.807, 2.05) is 44.2 Å². The number of rotatable bonds is 5. The molecule has 0 heterocycles. The van der Waals surface area contributed by atoms with Crippen LogP contribution in [0.4, 0.5) is 0 Å². The zero-order valence-electron chi connectivity index (χ0n) is 9.40. The average Bonchev–Trinajstić information content (AvgIpc) is 2.27. The Labute approximate surface area is 91.3 Å². The molecule has 2 nitrogen and oxygen atoms in total. The molecule has 0 bridgehead atoms. The monoisotopic (exact) mass is 206 g/mol. The average molecular weight is 206 g/mol. The van der Waals surface area contributed by atoms with E-state index in [0.717, 1.165) is 12.8 Å². The normalized spacial score (nSPS) is 12.1. The van der Waals surface area contributed by atoms with Gasteiger partial charge in [-0.05, 0) is 25.3 Å². The van der Waals surface area contributed by atoms with Crippen LogP contribution in [0.2, 0.25) is 0 Å². The lowest BCUT2D eigenvalue weighted by atomic mass is 9.97. The minimum absolute atomic E-state index is 0.00708. The molecule has 0 aromatic heterocycles. The van der Waals surface area contributed by atoms with Crippen LogP contribution in [0.5, 0.6) is 0 Å². The Balaban J connectivity index is 2.58. The lowest BCUT2D eigenvalue weighted by Crippen LogP contribution is -2.19. The SMILES string of the molecule is CCOC(=O)[C@@H](CC)Cc1ccccc1. The zero-order valence-corrected chi connectivity index (χ0v) is 9.40. The quantitative estimate of drug-likeness (QED) is 0.692. The molecule has 0 N–H and O–H groups in total. The van der Waals surface area contributed by atoms with E-state index in [-0.39, 0.29) is 11.9 Å². The van der Waals surface area contributed by atoms with Crippen molar-refractivity contribution in [3.8, 4) is 0 Å². The van der Waals surface area contributed by atoms with E-state index in [2.05, 4.69) is 0 Å². The second kappa shape index (κ2) is 6.23. The maximum Gasteiger partial charge on any atom is 0.309 e. The Bertz CT molecular complexity index is 293. The summed E-state index contributed by atoms with van der Waals surface area (Å²) >= 11 is 0. The fraction of sp³-hybridized carbons (Fsp3) is 0.462. The maximum atomic E-state index is 11.6. The molecule has 1 atom stereocenters. The molecule has 1 rings (SSSR count). The highest BCUT2D eigenvalue weighted by atomic mass is 16.5. The Morgan fingerprint density at radius 1 is 1.27 bits per heavy atom. The zero-order chi connectivity index (χ0) is 11.1.